The third-order valence-electron chi connectivity index (χ3n) is 2.06. The van der Waals surface area contributed by atoms with E-state index >= 15 is 0 Å². The van der Waals surface area contributed by atoms with Crippen LogP contribution < -0.4 is 0 Å². The van der Waals surface area contributed by atoms with E-state index in [-0.39, 0.29) is 5.69 Å². The zero-order valence-corrected chi connectivity index (χ0v) is 9.95. The number of H-pyrrole nitrogens is 1. The Kier molecular flexibility index (Phi) is 2.74. The van der Waals surface area contributed by atoms with Crippen molar-refractivity contribution in [1.29, 1.82) is 0 Å². The molecule has 2 N–H and O–H groups in total. The maximum atomic E-state index is 10.8. The largest absolute Gasteiger partial charge is 0.476 e. The third-order valence-corrected chi connectivity index (χ3v) is 2.53. The van der Waals surface area contributed by atoms with Gasteiger partial charge in [-0.15, -0.1) is 0 Å². The summed E-state index contributed by atoms with van der Waals surface area (Å²) in [6.07, 6.45) is 1.63. The third kappa shape index (κ3) is 1.96. The Labute approximate surface area is 99.7 Å². The Morgan fingerprint density at radius 1 is 1.50 bits per heavy atom. The van der Waals surface area contributed by atoms with Gasteiger partial charge < -0.3 is 10.1 Å². The fourth-order valence-corrected chi connectivity index (χ4v) is 1.54. The van der Waals surface area contributed by atoms with Gasteiger partial charge in [0.1, 0.15) is 5.69 Å². The molecule has 0 fully saturated rings. The summed E-state index contributed by atoms with van der Waals surface area (Å²) in [5.74, 6) is -0.584. The van der Waals surface area contributed by atoms with Gasteiger partial charge in [0, 0.05) is 16.4 Å². The van der Waals surface area contributed by atoms with Gasteiger partial charge in [0.15, 0.2) is 11.5 Å². The topological polar surface area (TPSA) is 78.9 Å². The van der Waals surface area contributed by atoms with Crippen molar-refractivity contribution in [3.8, 4) is 11.5 Å². The average molecular weight is 282 g/mol. The van der Waals surface area contributed by atoms with Crippen LogP contribution in [0.4, 0.5) is 0 Å². The lowest BCUT2D eigenvalue weighted by Gasteiger charge is -1.94. The van der Waals surface area contributed by atoms with Crippen LogP contribution in [-0.2, 0) is 0 Å². The highest BCUT2D eigenvalue weighted by Crippen LogP contribution is 2.17. The van der Waals surface area contributed by atoms with Crippen LogP contribution in [0.5, 0.6) is 0 Å². The summed E-state index contributed by atoms with van der Waals surface area (Å²) in [6, 6.07) is 3.58. The quantitative estimate of drug-likeness (QED) is 0.885. The molecule has 0 aliphatic carbocycles. The number of aromatic nitrogens is 3. The number of aromatic amines is 1. The average Bonchev–Trinajstić information content (AvgIpc) is 2.61. The van der Waals surface area contributed by atoms with Crippen LogP contribution >= 0.6 is 15.9 Å². The maximum absolute atomic E-state index is 10.8. The predicted octanol–water partition coefficient (Wildman–Crippen LogP) is 2.24. The molecule has 6 heteroatoms. The van der Waals surface area contributed by atoms with Crippen LogP contribution in [0.1, 0.15) is 16.2 Å². The van der Waals surface area contributed by atoms with Crippen molar-refractivity contribution in [1.82, 2.24) is 15.0 Å². The van der Waals surface area contributed by atoms with Gasteiger partial charge >= 0.3 is 5.97 Å². The summed E-state index contributed by atoms with van der Waals surface area (Å²) in [5.41, 5.74) is 1.16. The SMILES string of the molecule is Cc1[nH]c(-c2ccc(Br)cn2)nc1C(=O)O. The predicted molar refractivity (Wildman–Crippen MR) is 61.2 cm³/mol. The van der Waals surface area contributed by atoms with Crippen molar-refractivity contribution in [2.45, 2.75) is 6.92 Å². The van der Waals surface area contributed by atoms with Crippen LogP contribution in [0, 0.1) is 6.92 Å². The molecule has 0 saturated carbocycles. The number of aromatic carboxylic acids is 1. The number of hydrogen-bond donors (Lipinski definition) is 2. The summed E-state index contributed by atoms with van der Waals surface area (Å²) in [5, 5.41) is 8.86. The summed E-state index contributed by atoms with van der Waals surface area (Å²) < 4.78 is 0.859. The molecule has 2 aromatic heterocycles. The van der Waals surface area contributed by atoms with E-state index in [0.717, 1.165) is 4.47 Å². The lowest BCUT2D eigenvalue weighted by atomic mass is 10.3. The van der Waals surface area contributed by atoms with Crippen LogP contribution in [0.15, 0.2) is 22.8 Å². The van der Waals surface area contributed by atoms with Crippen LogP contribution in [-0.4, -0.2) is 26.0 Å². The highest BCUT2D eigenvalue weighted by atomic mass is 79.9. The zero-order chi connectivity index (χ0) is 11.7. The number of halogens is 1. The maximum Gasteiger partial charge on any atom is 0.356 e. The molecule has 2 heterocycles. The number of carbonyl (C=O) groups is 1. The van der Waals surface area contributed by atoms with Crippen molar-refractivity contribution >= 4 is 21.9 Å². The molecule has 82 valence electrons. The number of carboxylic acids is 1. The van der Waals surface area contributed by atoms with E-state index < -0.39 is 5.97 Å². The standard InChI is InChI=1S/C10H8BrN3O2/c1-5-8(10(15)16)14-9(13-5)7-3-2-6(11)4-12-7/h2-4H,1H3,(H,13,14)(H,15,16). The Balaban J connectivity index is 2.45. The molecule has 0 bridgehead atoms. The van der Waals surface area contributed by atoms with Gasteiger partial charge in [-0.05, 0) is 35.0 Å². The summed E-state index contributed by atoms with van der Waals surface area (Å²) in [6.45, 7) is 1.67. The molecule has 0 spiro atoms. The number of hydrogen-bond acceptors (Lipinski definition) is 3. The molecule has 0 aliphatic heterocycles. The van der Waals surface area contributed by atoms with Gasteiger partial charge in [0.25, 0.3) is 0 Å². The van der Waals surface area contributed by atoms with Gasteiger partial charge in [-0.25, -0.2) is 9.78 Å². The minimum absolute atomic E-state index is 0.0275. The molecular weight excluding hydrogens is 274 g/mol. The normalized spacial score (nSPS) is 10.4. The number of rotatable bonds is 2. The van der Waals surface area contributed by atoms with Gasteiger partial charge in [-0.1, -0.05) is 0 Å². The molecule has 0 atom stereocenters. The fraction of sp³-hybridized carbons (Fsp3) is 0.100. The summed E-state index contributed by atoms with van der Waals surface area (Å²) in [7, 11) is 0. The van der Waals surface area contributed by atoms with Gasteiger partial charge in [0.05, 0.1) is 0 Å². The summed E-state index contributed by atoms with van der Waals surface area (Å²) in [4.78, 5) is 21.8. The Morgan fingerprint density at radius 3 is 2.75 bits per heavy atom. The smallest absolute Gasteiger partial charge is 0.356 e. The number of pyridine rings is 1. The van der Waals surface area contributed by atoms with E-state index in [0.29, 0.717) is 17.2 Å². The van der Waals surface area contributed by atoms with Crippen molar-refractivity contribution < 1.29 is 9.90 Å². The van der Waals surface area contributed by atoms with Crippen molar-refractivity contribution in [2.24, 2.45) is 0 Å². The number of aryl methyl sites for hydroxylation is 1. The first kappa shape index (κ1) is 10.8. The summed E-state index contributed by atoms with van der Waals surface area (Å²) >= 11 is 3.27. The van der Waals surface area contributed by atoms with Crippen molar-refractivity contribution in [3.05, 3.63) is 34.2 Å². The number of carboxylic acid groups (broad SMARTS) is 1. The molecule has 5 nitrogen and oxygen atoms in total. The Morgan fingerprint density at radius 2 is 2.25 bits per heavy atom. The first-order valence-corrected chi connectivity index (χ1v) is 5.29. The van der Waals surface area contributed by atoms with Crippen LogP contribution in [0.2, 0.25) is 0 Å². The van der Waals surface area contributed by atoms with E-state index in [4.69, 9.17) is 5.11 Å². The first-order valence-electron chi connectivity index (χ1n) is 4.50. The van der Waals surface area contributed by atoms with E-state index in [1.807, 2.05) is 6.07 Å². The van der Waals surface area contributed by atoms with E-state index in [1.54, 1.807) is 19.2 Å². The molecular formula is C10H8BrN3O2. The highest BCUT2D eigenvalue weighted by Gasteiger charge is 2.14. The van der Waals surface area contributed by atoms with E-state index in [1.165, 1.54) is 0 Å². The monoisotopic (exact) mass is 281 g/mol. The second kappa shape index (κ2) is 4.05. The number of nitrogens with zero attached hydrogens (tertiary/aromatic N) is 2. The molecule has 2 aromatic rings. The van der Waals surface area contributed by atoms with Gasteiger partial charge in [0.2, 0.25) is 0 Å². The number of imidazole rings is 1. The second-order valence-electron chi connectivity index (χ2n) is 3.23. The number of nitrogens with one attached hydrogen (secondary N) is 1. The molecule has 0 saturated heterocycles. The van der Waals surface area contributed by atoms with E-state index in [9.17, 15) is 4.79 Å². The lowest BCUT2D eigenvalue weighted by Crippen LogP contribution is -1.98. The first-order chi connectivity index (χ1) is 7.58. The minimum atomic E-state index is -1.04. The second-order valence-corrected chi connectivity index (χ2v) is 4.14. The molecule has 0 amide bonds. The molecule has 2 rings (SSSR count). The lowest BCUT2D eigenvalue weighted by molar-refractivity contribution is 0.0690. The zero-order valence-electron chi connectivity index (χ0n) is 8.36. The molecule has 0 unspecified atom stereocenters. The van der Waals surface area contributed by atoms with E-state index in [2.05, 4.69) is 30.9 Å². The van der Waals surface area contributed by atoms with Gasteiger partial charge in [-0.3, -0.25) is 4.98 Å². The fourth-order valence-electron chi connectivity index (χ4n) is 1.31. The van der Waals surface area contributed by atoms with Crippen molar-refractivity contribution in [3.63, 3.8) is 0 Å². The molecule has 0 radical (unpaired) electrons. The molecule has 16 heavy (non-hydrogen) atoms. The molecule has 0 aromatic carbocycles. The van der Waals surface area contributed by atoms with Gasteiger partial charge in [-0.2, -0.15) is 0 Å². The van der Waals surface area contributed by atoms with Crippen LogP contribution in [0.3, 0.4) is 0 Å². The van der Waals surface area contributed by atoms with Crippen molar-refractivity contribution in [2.75, 3.05) is 0 Å². The Hall–Kier alpha value is -1.69. The Bertz CT molecular complexity index is 533. The minimum Gasteiger partial charge on any atom is -0.476 e. The molecule has 0 aliphatic rings. The van der Waals surface area contributed by atoms with Crippen LogP contribution in [0.25, 0.3) is 11.5 Å². The highest BCUT2D eigenvalue weighted by molar-refractivity contribution is 9.10.